The van der Waals surface area contributed by atoms with Gasteiger partial charge in [-0.25, -0.2) is 9.97 Å². The van der Waals surface area contributed by atoms with E-state index in [1.807, 2.05) is 64.4 Å². The highest BCUT2D eigenvalue weighted by Gasteiger charge is 2.43. The van der Waals surface area contributed by atoms with Gasteiger partial charge in [0.15, 0.2) is 5.82 Å². The van der Waals surface area contributed by atoms with E-state index in [-0.39, 0.29) is 54.3 Å². The van der Waals surface area contributed by atoms with Gasteiger partial charge in [0, 0.05) is 70.5 Å². The van der Waals surface area contributed by atoms with Crippen molar-refractivity contribution in [3.8, 4) is 16.2 Å². The number of hydrogen-bond acceptors (Lipinski definition) is 15. The Labute approximate surface area is 445 Å². The molecular formula is C55H76N12O7S. The van der Waals surface area contributed by atoms with Crippen molar-refractivity contribution in [1.82, 2.24) is 46.0 Å². The van der Waals surface area contributed by atoms with Crippen LogP contribution in [0.2, 0.25) is 0 Å². The van der Waals surface area contributed by atoms with Gasteiger partial charge in [-0.2, -0.15) is 4.98 Å². The highest BCUT2D eigenvalue weighted by molar-refractivity contribution is 7.13. The molecule has 5 heterocycles. The van der Waals surface area contributed by atoms with Crippen LogP contribution in [-0.2, 0) is 30.5 Å². The van der Waals surface area contributed by atoms with Crippen LogP contribution in [0, 0.1) is 12.3 Å². The highest BCUT2D eigenvalue weighted by Crippen LogP contribution is 2.41. The molecule has 2 aromatic heterocycles. The van der Waals surface area contributed by atoms with Gasteiger partial charge in [0.2, 0.25) is 29.6 Å². The number of rotatable bonds is 21. The lowest BCUT2D eigenvalue weighted by Gasteiger charge is -2.43. The molecule has 20 heteroatoms. The number of fused-ring (bicyclic) bond motifs is 1. The summed E-state index contributed by atoms with van der Waals surface area (Å²) in [5, 5.41) is 15.8. The Morgan fingerprint density at radius 1 is 0.933 bits per heavy atom. The summed E-state index contributed by atoms with van der Waals surface area (Å²) < 4.78 is 11.4. The van der Waals surface area contributed by atoms with Crippen molar-refractivity contribution in [1.29, 1.82) is 0 Å². The molecule has 404 valence electrons. The molecule has 5 amide bonds. The van der Waals surface area contributed by atoms with Gasteiger partial charge in [-0.15, -0.1) is 11.3 Å². The summed E-state index contributed by atoms with van der Waals surface area (Å²) >= 11 is 1.60. The predicted octanol–water partition coefficient (Wildman–Crippen LogP) is 5.80. The first kappa shape index (κ1) is 55.0. The van der Waals surface area contributed by atoms with Crippen molar-refractivity contribution in [3.63, 3.8) is 0 Å². The van der Waals surface area contributed by atoms with Crippen LogP contribution in [0.25, 0.3) is 10.4 Å². The lowest BCUT2D eigenvalue weighted by atomic mass is 9.85. The number of aromatic nitrogens is 3. The lowest BCUT2D eigenvalue weighted by molar-refractivity contribution is -0.144. The van der Waals surface area contributed by atoms with E-state index in [4.69, 9.17) is 14.5 Å². The summed E-state index contributed by atoms with van der Waals surface area (Å²) in [5.74, 6) is 0.669. The number of amides is 5. The summed E-state index contributed by atoms with van der Waals surface area (Å²) in [4.78, 5) is 90.2. The van der Waals surface area contributed by atoms with Gasteiger partial charge in [0.05, 0.1) is 41.7 Å². The smallest absolute Gasteiger partial charge is 0.251 e. The standard InChI is InChI=1S/C55H76N12O7S/c1-8-42-52(71)64(6)44-32-58-54(63-49(44)67(42)40-12-9-10-13-40)61-41-20-19-38(30-45(41)73-7)50(69)60-39-21-26-65(27-22-39)28-23-56-24-29-74-33-46(68)62-48(55(3,4)5)53(72)66-25-11-14-43(66)51(70)57-31-36-15-17-37(18-16-36)47-35(2)59-34-75-47/h15-20,30,32,34,39-40,42-43,48,56H,8-14,21-29,31,33H2,1-7H3,(H,57,70)(H,60,69)(H,62,68)(H,58,61,63)/t42-,43+,48-/m1/s1. The number of benzene rings is 2. The highest BCUT2D eigenvalue weighted by atomic mass is 32.1. The summed E-state index contributed by atoms with van der Waals surface area (Å²) in [7, 11) is 3.35. The first-order valence-electron chi connectivity index (χ1n) is 26.7. The SMILES string of the molecule is CC[C@@H]1C(=O)N(C)c2cnc(Nc3ccc(C(=O)NC4CCN(CCNCCOCC(=O)N[C@H](C(=O)N5CCC[C@H]5C(=O)NCc5ccc(-c6scnc6C)cc5)C(C)(C)C)CC4)cc3OC)nc2N1C1CCCC1. The molecule has 0 unspecified atom stereocenters. The van der Waals surface area contributed by atoms with E-state index in [0.29, 0.717) is 74.1 Å². The van der Waals surface area contributed by atoms with Crippen molar-refractivity contribution >= 4 is 64.0 Å². The van der Waals surface area contributed by atoms with Crippen LogP contribution in [0.15, 0.2) is 54.2 Å². The van der Waals surface area contributed by atoms with Crippen molar-refractivity contribution in [2.75, 3.05) is 81.8 Å². The lowest BCUT2D eigenvalue weighted by Crippen LogP contribution is -2.58. The molecule has 19 nitrogen and oxygen atoms in total. The number of likely N-dealkylation sites (tertiary alicyclic amines) is 2. The van der Waals surface area contributed by atoms with Crippen LogP contribution in [-0.4, -0.2) is 151 Å². The topological polar surface area (TPSA) is 216 Å². The molecule has 0 spiro atoms. The zero-order valence-corrected chi connectivity index (χ0v) is 45.5. The number of piperidine rings is 1. The third-order valence-electron chi connectivity index (χ3n) is 15.0. The van der Waals surface area contributed by atoms with Crippen molar-refractivity contribution in [3.05, 3.63) is 71.0 Å². The van der Waals surface area contributed by atoms with E-state index < -0.39 is 17.5 Å². The Morgan fingerprint density at radius 2 is 1.69 bits per heavy atom. The van der Waals surface area contributed by atoms with Crippen molar-refractivity contribution in [2.24, 2.45) is 5.41 Å². The Bertz CT molecular complexity index is 2630. The summed E-state index contributed by atoms with van der Waals surface area (Å²) in [6.07, 6.45) is 9.63. The van der Waals surface area contributed by atoms with Crippen LogP contribution in [0.1, 0.15) is 107 Å². The van der Waals surface area contributed by atoms with Gasteiger partial charge in [-0.1, -0.05) is 64.8 Å². The number of aryl methyl sites for hydroxylation is 1. The van der Waals surface area contributed by atoms with Crippen molar-refractivity contribution in [2.45, 2.75) is 129 Å². The quantitative estimate of drug-likeness (QED) is 0.0624. The number of nitrogens with one attached hydrogen (secondary N) is 5. The minimum Gasteiger partial charge on any atom is -0.495 e. The number of likely N-dealkylation sites (N-methyl/N-ethyl adjacent to an activating group) is 1. The maximum absolute atomic E-state index is 14.0. The first-order valence-corrected chi connectivity index (χ1v) is 27.6. The Morgan fingerprint density at radius 3 is 2.39 bits per heavy atom. The van der Waals surface area contributed by atoms with E-state index in [1.165, 1.54) is 0 Å². The van der Waals surface area contributed by atoms with E-state index in [2.05, 4.69) is 46.4 Å². The number of carbonyl (C=O) groups is 5. The Hall–Kier alpha value is -6.22. The zero-order chi connectivity index (χ0) is 53.2. The second-order valence-corrected chi connectivity index (χ2v) is 22.1. The monoisotopic (exact) mass is 1050 g/mol. The second kappa shape index (κ2) is 25.1. The summed E-state index contributed by atoms with van der Waals surface area (Å²) in [6.45, 7) is 14.5. The van der Waals surface area contributed by atoms with Crippen LogP contribution in [0.4, 0.5) is 23.1 Å². The van der Waals surface area contributed by atoms with E-state index in [0.717, 1.165) is 92.2 Å². The fraction of sp³-hybridized carbons (Fsp3) is 0.564. The molecule has 8 rings (SSSR count). The molecular weight excluding hydrogens is 973 g/mol. The molecule has 0 bridgehead atoms. The zero-order valence-electron chi connectivity index (χ0n) is 44.7. The van der Waals surface area contributed by atoms with E-state index in [1.54, 1.807) is 59.7 Å². The molecule has 2 aromatic carbocycles. The molecule has 4 aromatic rings. The molecule has 1 saturated carbocycles. The molecule has 3 fully saturated rings. The largest absolute Gasteiger partial charge is 0.495 e. The third-order valence-corrected chi connectivity index (χ3v) is 16.0. The number of thiazole rings is 1. The van der Waals surface area contributed by atoms with E-state index >= 15 is 0 Å². The Balaban J connectivity index is 0.718. The number of methoxy groups -OCH3 is 1. The first-order chi connectivity index (χ1) is 36.1. The summed E-state index contributed by atoms with van der Waals surface area (Å²) in [6, 6.07) is 11.9. The van der Waals surface area contributed by atoms with Gasteiger partial charge in [0.1, 0.15) is 36.2 Å². The van der Waals surface area contributed by atoms with Gasteiger partial charge >= 0.3 is 0 Å². The molecule has 3 atom stereocenters. The molecule has 0 radical (unpaired) electrons. The maximum Gasteiger partial charge on any atom is 0.251 e. The summed E-state index contributed by atoms with van der Waals surface area (Å²) in [5.41, 5.74) is 6.08. The van der Waals surface area contributed by atoms with Gasteiger partial charge in [-0.3, -0.25) is 24.0 Å². The number of ether oxygens (including phenoxy) is 2. The van der Waals surface area contributed by atoms with Gasteiger partial charge < -0.3 is 55.7 Å². The molecule has 3 aliphatic heterocycles. The van der Waals surface area contributed by atoms with Crippen LogP contribution in [0.3, 0.4) is 0 Å². The number of carbonyl (C=O) groups excluding carboxylic acids is 5. The normalized spacial score (nSPS) is 19.0. The third kappa shape index (κ3) is 13.4. The molecule has 4 aliphatic rings. The van der Waals surface area contributed by atoms with Crippen LogP contribution < -0.4 is 41.1 Å². The van der Waals surface area contributed by atoms with Gasteiger partial charge in [-0.05, 0) is 86.6 Å². The average Bonchev–Trinajstić information content (AvgIpc) is 4.22. The van der Waals surface area contributed by atoms with Crippen molar-refractivity contribution < 1.29 is 33.4 Å². The van der Waals surface area contributed by atoms with E-state index in [9.17, 15) is 24.0 Å². The van der Waals surface area contributed by atoms with Crippen LogP contribution >= 0.6 is 11.3 Å². The Kier molecular flexibility index (Phi) is 18.4. The number of anilines is 4. The number of nitrogens with zero attached hydrogens (tertiary/aromatic N) is 7. The molecule has 2 saturated heterocycles. The minimum atomic E-state index is -0.832. The molecule has 75 heavy (non-hydrogen) atoms. The fourth-order valence-electron chi connectivity index (χ4n) is 10.7. The second-order valence-electron chi connectivity index (χ2n) is 21.2. The maximum atomic E-state index is 14.0. The molecule has 1 aliphatic carbocycles. The molecule has 5 N–H and O–H groups in total. The van der Waals surface area contributed by atoms with Crippen LogP contribution in [0.5, 0.6) is 5.75 Å². The number of hydrogen-bond donors (Lipinski definition) is 5. The predicted molar refractivity (Wildman–Crippen MR) is 291 cm³/mol. The van der Waals surface area contributed by atoms with Gasteiger partial charge in [0.25, 0.3) is 5.91 Å². The fourth-order valence-corrected chi connectivity index (χ4v) is 11.5. The average molecular weight is 1050 g/mol. The minimum absolute atomic E-state index is 0.0392.